The van der Waals surface area contributed by atoms with E-state index in [9.17, 15) is 9.59 Å². The molecule has 2 aromatic carbocycles. The Labute approximate surface area is 193 Å². The molecule has 1 N–H and O–H groups in total. The molecule has 1 aliphatic heterocycles. The van der Waals surface area contributed by atoms with Crippen LogP contribution in [0.5, 0.6) is 5.75 Å². The van der Waals surface area contributed by atoms with Crippen LogP contribution in [-0.2, 0) is 16.1 Å². The van der Waals surface area contributed by atoms with Gasteiger partial charge in [-0.15, -0.1) is 0 Å². The maximum Gasteiger partial charge on any atom is 0.278 e. The van der Waals surface area contributed by atoms with Crippen LogP contribution in [0.3, 0.4) is 0 Å². The fourth-order valence-electron chi connectivity index (χ4n) is 3.89. The Kier molecular flexibility index (Phi) is 6.54. The number of anilines is 1. The van der Waals surface area contributed by atoms with Crippen LogP contribution in [0.1, 0.15) is 35.7 Å². The highest BCUT2D eigenvalue weighted by atomic mass is 16.5. The normalized spacial score (nSPS) is 13.6. The number of carbonyl (C=O) groups is 2. The molecule has 0 fully saturated rings. The molecule has 2 heterocycles. The van der Waals surface area contributed by atoms with E-state index in [1.165, 1.54) is 4.90 Å². The molecular formula is C27H27N3O3. The second-order valence-corrected chi connectivity index (χ2v) is 8.14. The number of aryl methyl sites for hydroxylation is 2. The number of nitrogens with zero attached hydrogens (tertiary/aromatic N) is 2. The summed E-state index contributed by atoms with van der Waals surface area (Å²) in [5, 5.41) is 3.23. The number of hydrogen-bond acceptors (Lipinski definition) is 5. The average Bonchev–Trinajstić information content (AvgIpc) is 3.02. The van der Waals surface area contributed by atoms with Crippen molar-refractivity contribution in [2.75, 3.05) is 11.9 Å². The first kappa shape index (κ1) is 22.3. The number of aromatic nitrogens is 1. The van der Waals surface area contributed by atoms with E-state index in [1.54, 1.807) is 18.3 Å². The summed E-state index contributed by atoms with van der Waals surface area (Å²) in [5.41, 5.74) is 4.82. The highest BCUT2D eigenvalue weighted by Gasteiger charge is 2.39. The molecule has 1 aromatic heterocycles. The molecular weight excluding hydrogens is 414 g/mol. The quantitative estimate of drug-likeness (QED) is 0.505. The average molecular weight is 442 g/mol. The highest BCUT2D eigenvalue weighted by Crippen LogP contribution is 2.32. The van der Waals surface area contributed by atoms with Crippen molar-refractivity contribution >= 4 is 23.1 Å². The molecule has 168 valence electrons. The van der Waals surface area contributed by atoms with Gasteiger partial charge in [-0.05, 0) is 73.4 Å². The van der Waals surface area contributed by atoms with E-state index in [2.05, 4.69) is 16.4 Å². The predicted octanol–water partition coefficient (Wildman–Crippen LogP) is 4.88. The Morgan fingerprint density at radius 2 is 1.67 bits per heavy atom. The van der Waals surface area contributed by atoms with Crippen LogP contribution in [0, 0.1) is 13.8 Å². The first-order valence-corrected chi connectivity index (χ1v) is 11.0. The van der Waals surface area contributed by atoms with Gasteiger partial charge in [0.15, 0.2) is 0 Å². The van der Waals surface area contributed by atoms with Crippen LogP contribution >= 0.6 is 0 Å². The smallest absolute Gasteiger partial charge is 0.278 e. The molecule has 3 aromatic rings. The van der Waals surface area contributed by atoms with E-state index in [-0.39, 0.29) is 24.1 Å². The molecule has 6 nitrogen and oxygen atoms in total. The maximum atomic E-state index is 13.5. The number of ether oxygens (including phenoxy) is 1. The number of benzene rings is 2. The first-order chi connectivity index (χ1) is 16.0. The summed E-state index contributed by atoms with van der Waals surface area (Å²) in [4.78, 5) is 32.4. The first-order valence-electron chi connectivity index (χ1n) is 11.0. The molecule has 33 heavy (non-hydrogen) atoms. The second-order valence-electron chi connectivity index (χ2n) is 8.14. The Morgan fingerprint density at radius 1 is 0.939 bits per heavy atom. The largest absolute Gasteiger partial charge is 0.494 e. The van der Waals surface area contributed by atoms with Crippen molar-refractivity contribution in [1.82, 2.24) is 9.88 Å². The lowest BCUT2D eigenvalue weighted by atomic mass is 10.0. The minimum absolute atomic E-state index is 0.109. The summed E-state index contributed by atoms with van der Waals surface area (Å²) in [6.07, 6.45) is 2.56. The molecule has 0 unspecified atom stereocenters. The third-order valence-electron chi connectivity index (χ3n) is 5.32. The Hall–Kier alpha value is -3.93. The number of rotatable bonds is 8. The number of amides is 2. The summed E-state index contributed by atoms with van der Waals surface area (Å²) in [6.45, 7) is 6.77. The zero-order valence-electron chi connectivity index (χ0n) is 19.1. The van der Waals surface area contributed by atoms with Gasteiger partial charge in [-0.1, -0.05) is 31.2 Å². The summed E-state index contributed by atoms with van der Waals surface area (Å²) in [5.74, 6) is 0.0120. The van der Waals surface area contributed by atoms with Crippen molar-refractivity contribution < 1.29 is 14.3 Å². The number of pyridine rings is 1. The summed E-state index contributed by atoms with van der Waals surface area (Å²) >= 11 is 0. The zero-order chi connectivity index (χ0) is 23.4. The van der Waals surface area contributed by atoms with Gasteiger partial charge in [-0.25, -0.2) is 0 Å². The SMILES string of the molecule is CCCOc1ccc(C2=C(Nc3cc(C)cc(C)c3)C(=O)N(Cc3ccccn3)C2=O)cc1. The van der Waals surface area contributed by atoms with Crippen molar-refractivity contribution in [3.05, 3.63) is 94.9 Å². The number of imide groups is 1. The van der Waals surface area contributed by atoms with E-state index < -0.39 is 0 Å². The molecule has 0 saturated carbocycles. The lowest BCUT2D eigenvalue weighted by Crippen LogP contribution is -2.32. The Morgan fingerprint density at radius 3 is 2.30 bits per heavy atom. The molecule has 0 bridgehead atoms. The van der Waals surface area contributed by atoms with Gasteiger partial charge in [0.25, 0.3) is 11.8 Å². The van der Waals surface area contributed by atoms with E-state index in [4.69, 9.17) is 4.74 Å². The zero-order valence-corrected chi connectivity index (χ0v) is 19.1. The third kappa shape index (κ3) is 4.95. The molecule has 0 radical (unpaired) electrons. The van der Waals surface area contributed by atoms with Crippen molar-refractivity contribution in [1.29, 1.82) is 0 Å². The van der Waals surface area contributed by atoms with Gasteiger partial charge in [0.1, 0.15) is 11.4 Å². The van der Waals surface area contributed by atoms with Crippen LogP contribution in [-0.4, -0.2) is 28.3 Å². The van der Waals surface area contributed by atoms with Gasteiger partial charge in [0.2, 0.25) is 0 Å². The molecule has 1 aliphatic rings. The van der Waals surface area contributed by atoms with Gasteiger partial charge in [0.05, 0.1) is 24.4 Å². The molecule has 0 spiro atoms. The van der Waals surface area contributed by atoms with Crippen molar-refractivity contribution in [3.8, 4) is 5.75 Å². The van der Waals surface area contributed by atoms with E-state index >= 15 is 0 Å². The minimum Gasteiger partial charge on any atom is -0.494 e. The number of carbonyl (C=O) groups excluding carboxylic acids is 2. The van der Waals surface area contributed by atoms with Gasteiger partial charge in [-0.3, -0.25) is 19.5 Å². The topological polar surface area (TPSA) is 71.5 Å². The lowest BCUT2D eigenvalue weighted by Gasteiger charge is -2.15. The lowest BCUT2D eigenvalue weighted by molar-refractivity contribution is -0.137. The fourth-order valence-corrected chi connectivity index (χ4v) is 3.89. The van der Waals surface area contributed by atoms with Crippen LogP contribution < -0.4 is 10.1 Å². The van der Waals surface area contributed by atoms with Crippen LogP contribution in [0.4, 0.5) is 5.69 Å². The number of nitrogens with one attached hydrogen (secondary N) is 1. The summed E-state index contributed by atoms with van der Waals surface area (Å²) in [6, 6.07) is 18.7. The fraction of sp³-hybridized carbons (Fsp3) is 0.222. The summed E-state index contributed by atoms with van der Waals surface area (Å²) < 4.78 is 5.67. The number of hydrogen-bond donors (Lipinski definition) is 1. The molecule has 2 amide bonds. The van der Waals surface area contributed by atoms with E-state index in [0.29, 0.717) is 23.4 Å². The van der Waals surface area contributed by atoms with Gasteiger partial charge >= 0.3 is 0 Å². The highest BCUT2D eigenvalue weighted by molar-refractivity contribution is 6.36. The van der Waals surface area contributed by atoms with E-state index in [1.807, 2.05) is 63.2 Å². The minimum atomic E-state index is -0.369. The third-order valence-corrected chi connectivity index (χ3v) is 5.32. The predicted molar refractivity (Wildman–Crippen MR) is 128 cm³/mol. The Bertz CT molecular complexity index is 1180. The van der Waals surface area contributed by atoms with E-state index in [0.717, 1.165) is 29.0 Å². The van der Waals surface area contributed by atoms with Crippen LogP contribution in [0.25, 0.3) is 5.57 Å². The molecule has 0 saturated heterocycles. The van der Waals surface area contributed by atoms with Crippen LogP contribution in [0.15, 0.2) is 72.6 Å². The van der Waals surface area contributed by atoms with Crippen molar-refractivity contribution in [2.45, 2.75) is 33.7 Å². The molecule has 6 heteroatoms. The van der Waals surface area contributed by atoms with Gasteiger partial charge in [0, 0.05) is 11.9 Å². The molecule has 0 atom stereocenters. The van der Waals surface area contributed by atoms with Gasteiger partial charge < -0.3 is 10.1 Å². The maximum absolute atomic E-state index is 13.5. The van der Waals surface area contributed by atoms with Crippen molar-refractivity contribution in [3.63, 3.8) is 0 Å². The Balaban J connectivity index is 1.72. The molecule has 0 aliphatic carbocycles. The van der Waals surface area contributed by atoms with Gasteiger partial charge in [-0.2, -0.15) is 0 Å². The van der Waals surface area contributed by atoms with Crippen molar-refractivity contribution in [2.24, 2.45) is 0 Å². The summed E-state index contributed by atoms with van der Waals surface area (Å²) in [7, 11) is 0. The monoisotopic (exact) mass is 441 g/mol. The van der Waals surface area contributed by atoms with Crippen LogP contribution in [0.2, 0.25) is 0 Å². The molecule has 4 rings (SSSR count). The second kappa shape index (κ2) is 9.69. The standard InChI is InChI=1S/C27H27N3O3/c1-4-13-33-23-10-8-20(9-11-23)24-25(29-22-15-18(2)14-19(3)16-22)27(32)30(26(24)31)17-21-7-5-6-12-28-21/h5-12,14-16,29H,4,13,17H2,1-3H3.